The Balaban J connectivity index is 2.20. The largest absolute Gasteiger partial charge is 0.483 e. The van der Waals surface area contributed by atoms with Gasteiger partial charge in [0.15, 0.2) is 6.61 Å². The summed E-state index contributed by atoms with van der Waals surface area (Å²) in [5.41, 5.74) is 4.27. The van der Waals surface area contributed by atoms with Gasteiger partial charge in [-0.2, -0.15) is 0 Å². The minimum absolute atomic E-state index is 0.107. The maximum atomic E-state index is 13.2. The first-order chi connectivity index (χ1) is 14.7. The molecule has 2 aromatic carbocycles. The molecule has 0 heterocycles. The molecule has 5 heteroatoms. The molecule has 0 bridgehead atoms. The Morgan fingerprint density at radius 1 is 1.00 bits per heavy atom. The second kappa shape index (κ2) is 11.5. The van der Waals surface area contributed by atoms with Crippen LogP contribution in [0.1, 0.15) is 49.4 Å². The molecule has 0 fully saturated rings. The third-order valence-corrected chi connectivity index (χ3v) is 5.23. The Morgan fingerprint density at radius 2 is 1.65 bits per heavy atom. The van der Waals surface area contributed by atoms with Gasteiger partial charge in [0, 0.05) is 13.1 Å². The van der Waals surface area contributed by atoms with Gasteiger partial charge in [-0.1, -0.05) is 68.3 Å². The van der Waals surface area contributed by atoms with Crippen molar-refractivity contribution in [1.82, 2.24) is 10.2 Å². The third-order valence-electron chi connectivity index (χ3n) is 5.23. The van der Waals surface area contributed by atoms with E-state index in [-0.39, 0.29) is 18.4 Å². The van der Waals surface area contributed by atoms with Gasteiger partial charge in [0.1, 0.15) is 11.8 Å². The topological polar surface area (TPSA) is 58.6 Å². The van der Waals surface area contributed by atoms with Crippen molar-refractivity contribution in [2.24, 2.45) is 5.92 Å². The standard InChI is InChI=1S/C26H36N2O3/c1-7-23(26(30)27-15-18(2)3)28(16-22-11-8-19(4)9-12-22)25(29)17-31-24-13-10-20(5)14-21(24)6/h8-14,18,23H,7,15-17H2,1-6H3,(H,27,30). The van der Waals surface area contributed by atoms with Crippen LogP contribution < -0.4 is 10.1 Å². The highest BCUT2D eigenvalue weighted by atomic mass is 16.5. The van der Waals surface area contributed by atoms with Crippen LogP contribution in [-0.4, -0.2) is 35.9 Å². The summed E-state index contributed by atoms with van der Waals surface area (Å²) >= 11 is 0. The second-order valence-corrected chi connectivity index (χ2v) is 8.63. The molecule has 31 heavy (non-hydrogen) atoms. The molecule has 0 saturated carbocycles. The van der Waals surface area contributed by atoms with Gasteiger partial charge >= 0.3 is 0 Å². The molecule has 0 aliphatic heterocycles. The summed E-state index contributed by atoms with van der Waals surface area (Å²) in [4.78, 5) is 27.8. The maximum Gasteiger partial charge on any atom is 0.261 e. The van der Waals surface area contributed by atoms with Crippen molar-refractivity contribution >= 4 is 11.8 Å². The number of aryl methyl sites for hydroxylation is 3. The fourth-order valence-electron chi connectivity index (χ4n) is 3.42. The first-order valence-corrected chi connectivity index (χ1v) is 11.0. The molecule has 0 aromatic heterocycles. The molecular weight excluding hydrogens is 388 g/mol. The highest BCUT2D eigenvalue weighted by Crippen LogP contribution is 2.20. The summed E-state index contributed by atoms with van der Waals surface area (Å²) in [6.07, 6.45) is 0.533. The number of nitrogens with one attached hydrogen (secondary N) is 1. The van der Waals surface area contributed by atoms with E-state index in [2.05, 4.69) is 5.32 Å². The summed E-state index contributed by atoms with van der Waals surface area (Å²) < 4.78 is 5.84. The predicted octanol–water partition coefficient (Wildman–Crippen LogP) is 4.57. The molecule has 0 radical (unpaired) electrons. The quantitative estimate of drug-likeness (QED) is 0.608. The Morgan fingerprint density at radius 3 is 2.23 bits per heavy atom. The lowest BCUT2D eigenvalue weighted by Crippen LogP contribution is -2.50. The molecule has 0 spiro atoms. The maximum absolute atomic E-state index is 13.2. The lowest BCUT2D eigenvalue weighted by atomic mass is 10.1. The van der Waals surface area contributed by atoms with E-state index in [1.807, 2.05) is 84.0 Å². The van der Waals surface area contributed by atoms with Crippen molar-refractivity contribution in [1.29, 1.82) is 0 Å². The molecule has 0 aliphatic carbocycles. The van der Waals surface area contributed by atoms with Gasteiger partial charge in [-0.05, 0) is 50.3 Å². The normalized spacial score (nSPS) is 11.8. The van der Waals surface area contributed by atoms with Gasteiger partial charge in [-0.15, -0.1) is 0 Å². The summed E-state index contributed by atoms with van der Waals surface area (Å²) in [5.74, 6) is 0.706. The lowest BCUT2D eigenvalue weighted by molar-refractivity contribution is -0.143. The number of rotatable bonds is 10. The van der Waals surface area contributed by atoms with E-state index in [1.54, 1.807) is 4.90 Å². The Kier molecular flexibility index (Phi) is 9.10. The number of benzene rings is 2. The van der Waals surface area contributed by atoms with Gasteiger partial charge in [0.25, 0.3) is 5.91 Å². The average Bonchev–Trinajstić information content (AvgIpc) is 2.72. The summed E-state index contributed by atoms with van der Waals surface area (Å²) in [6, 6.07) is 13.4. The van der Waals surface area contributed by atoms with E-state index >= 15 is 0 Å². The molecule has 2 rings (SSSR count). The van der Waals surface area contributed by atoms with E-state index in [0.29, 0.717) is 31.2 Å². The molecular formula is C26H36N2O3. The van der Waals surface area contributed by atoms with Crippen LogP contribution in [0, 0.1) is 26.7 Å². The fourth-order valence-corrected chi connectivity index (χ4v) is 3.42. The monoisotopic (exact) mass is 424 g/mol. The highest BCUT2D eigenvalue weighted by Gasteiger charge is 2.29. The van der Waals surface area contributed by atoms with Crippen LogP contribution in [0.5, 0.6) is 5.75 Å². The van der Waals surface area contributed by atoms with E-state index in [4.69, 9.17) is 4.74 Å². The van der Waals surface area contributed by atoms with Gasteiger partial charge in [-0.25, -0.2) is 0 Å². The van der Waals surface area contributed by atoms with Gasteiger partial charge in [-0.3, -0.25) is 9.59 Å². The molecule has 2 amide bonds. The van der Waals surface area contributed by atoms with Crippen LogP contribution in [0.15, 0.2) is 42.5 Å². The van der Waals surface area contributed by atoms with Crippen LogP contribution in [0.2, 0.25) is 0 Å². The smallest absolute Gasteiger partial charge is 0.261 e. The van der Waals surface area contributed by atoms with E-state index in [9.17, 15) is 9.59 Å². The average molecular weight is 425 g/mol. The Hall–Kier alpha value is -2.82. The minimum atomic E-state index is -0.546. The highest BCUT2D eigenvalue weighted by molar-refractivity contribution is 5.88. The fraction of sp³-hybridized carbons (Fsp3) is 0.462. The molecule has 1 atom stereocenters. The molecule has 2 aromatic rings. The van der Waals surface area contributed by atoms with Crippen LogP contribution in [0.4, 0.5) is 0 Å². The number of carbonyl (C=O) groups is 2. The van der Waals surface area contributed by atoms with Crippen molar-refractivity contribution in [2.45, 2.75) is 60.5 Å². The van der Waals surface area contributed by atoms with Crippen molar-refractivity contribution in [3.05, 3.63) is 64.7 Å². The number of hydrogen-bond acceptors (Lipinski definition) is 3. The zero-order valence-electron chi connectivity index (χ0n) is 19.7. The first kappa shape index (κ1) is 24.4. The zero-order chi connectivity index (χ0) is 23.0. The summed E-state index contributed by atoms with van der Waals surface area (Å²) in [5, 5.41) is 2.98. The second-order valence-electron chi connectivity index (χ2n) is 8.63. The van der Waals surface area contributed by atoms with Crippen molar-refractivity contribution in [3.8, 4) is 5.75 Å². The number of carbonyl (C=O) groups excluding carboxylic acids is 2. The van der Waals surface area contributed by atoms with Crippen LogP contribution in [0.25, 0.3) is 0 Å². The van der Waals surface area contributed by atoms with Crippen LogP contribution >= 0.6 is 0 Å². The zero-order valence-corrected chi connectivity index (χ0v) is 19.7. The molecule has 0 aliphatic rings. The third kappa shape index (κ3) is 7.42. The molecule has 1 unspecified atom stereocenters. The number of hydrogen-bond donors (Lipinski definition) is 1. The van der Waals surface area contributed by atoms with Gasteiger partial charge in [0.2, 0.25) is 5.91 Å². The van der Waals surface area contributed by atoms with Crippen molar-refractivity contribution in [2.75, 3.05) is 13.2 Å². The SMILES string of the molecule is CCC(C(=O)NCC(C)C)N(Cc1ccc(C)cc1)C(=O)COc1ccc(C)cc1C. The molecule has 168 valence electrons. The molecule has 5 nitrogen and oxygen atoms in total. The van der Waals surface area contributed by atoms with Crippen molar-refractivity contribution in [3.63, 3.8) is 0 Å². The van der Waals surface area contributed by atoms with E-state index < -0.39 is 6.04 Å². The summed E-state index contributed by atoms with van der Waals surface area (Å²) in [7, 11) is 0. The van der Waals surface area contributed by atoms with Gasteiger partial charge in [0.05, 0.1) is 0 Å². The number of amides is 2. The number of nitrogens with zero attached hydrogens (tertiary/aromatic N) is 1. The molecule has 0 saturated heterocycles. The van der Waals surface area contributed by atoms with Gasteiger partial charge < -0.3 is 15.0 Å². The lowest BCUT2D eigenvalue weighted by Gasteiger charge is -2.31. The first-order valence-electron chi connectivity index (χ1n) is 11.0. The van der Waals surface area contributed by atoms with E-state index in [1.165, 1.54) is 0 Å². The minimum Gasteiger partial charge on any atom is -0.483 e. The summed E-state index contributed by atoms with van der Waals surface area (Å²) in [6.45, 7) is 12.9. The van der Waals surface area contributed by atoms with E-state index in [0.717, 1.165) is 22.3 Å². The Labute approximate surface area is 186 Å². The van der Waals surface area contributed by atoms with Crippen molar-refractivity contribution < 1.29 is 14.3 Å². The predicted molar refractivity (Wildman–Crippen MR) is 125 cm³/mol. The number of ether oxygens (including phenoxy) is 1. The molecule has 1 N–H and O–H groups in total. The Bertz CT molecular complexity index is 875. The van der Waals surface area contributed by atoms with Crippen LogP contribution in [0.3, 0.4) is 0 Å². The van der Waals surface area contributed by atoms with Crippen LogP contribution in [-0.2, 0) is 16.1 Å².